The summed E-state index contributed by atoms with van der Waals surface area (Å²) in [6, 6.07) is 1.68. The van der Waals surface area contributed by atoms with Crippen LogP contribution in [0.1, 0.15) is 31.9 Å². The van der Waals surface area contributed by atoms with Crippen LogP contribution in [0.25, 0.3) is 5.70 Å². The van der Waals surface area contributed by atoms with E-state index in [1.54, 1.807) is 6.07 Å². The summed E-state index contributed by atoms with van der Waals surface area (Å²) in [6.07, 6.45) is 5.87. The van der Waals surface area contributed by atoms with Gasteiger partial charge in [0.25, 0.3) is 0 Å². The minimum atomic E-state index is -0.406. The summed E-state index contributed by atoms with van der Waals surface area (Å²) in [7, 11) is 1.44. The van der Waals surface area contributed by atoms with Crippen molar-refractivity contribution in [1.82, 2.24) is 15.3 Å². The lowest BCUT2D eigenvalue weighted by Crippen LogP contribution is -2.31. The number of carbonyl (C=O) groups excluding carboxylic acids is 1. The zero-order valence-corrected chi connectivity index (χ0v) is 13.1. The lowest BCUT2D eigenvalue weighted by atomic mass is 9.76. The molecular weight excluding hydrogens is 280 g/mol. The van der Waals surface area contributed by atoms with E-state index in [1.165, 1.54) is 19.0 Å². The average Bonchev–Trinajstić information content (AvgIpc) is 2.53. The van der Waals surface area contributed by atoms with Gasteiger partial charge < -0.3 is 15.8 Å². The van der Waals surface area contributed by atoms with E-state index in [-0.39, 0.29) is 5.97 Å². The standard InChI is InChI=1S/C16H22N4O2/c1-11(13-8-14(17)20-10-19-13)18-9-12-4-6-16(2,7-5-12)15(21)22-3/h4,8,10,18H,1,5-7,9H2,2-3H3,(H2,17,19,20). The highest BCUT2D eigenvalue weighted by molar-refractivity contribution is 5.76. The number of anilines is 1. The van der Waals surface area contributed by atoms with Crippen LogP contribution in [0.15, 0.2) is 30.6 Å². The highest BCUT2D eigenvalue weighted by Gasteiger charge is 2.35. The van der Waals surface area contributed by atoms with Crippen LogP contribution in [0.4, 0.5) is 5.82 Å². The third kappa shape index (κ3) is 3.63. The number of allylic oxidation sites excluding steroid dienone is 1. The van der Waals surface area contributed by atoms with Gasteiger partial charge in [0.15, 0.2) is 0 Å². The summed E-state index contributed by atoms with van der Waals surface area (Å²) in [4.78, 5) is 19.8. The lowest BCUT2D eigenvalue weighted by molar-refractivity contribution is -0.152. The molecular formula is C16H22N4O2. The quantitative estimate of drug-likeness (QED) is 0.638. The van der Waals surface area contributed by atoms with E-state index < -0.39 is 5.41 Å². The molecule has 0 aliphatic heterocycles. The Morgan fingerprint density at radius 1 is 1.55 bits per heavy atom. The molecule has 6 nitrogen and oxygen atoms in total. The van der Waals surface area contributed by atoms with Gasteiger partial charge in [0.2, 0.25) is 0 Å². The number of hydrogen-bond acceptors (Lipinski definition) is 6. The molecule has 0 radical (unpaired) electrons. The molecule has 1 atom stereocenters. The molecule has 0 saturated carbocycles. The van der Waals surface area contributed by atoms with Crippen LogP contribution in [0, 0.1) is 5.41 Å². The van der Waals surface area contributed by atoms with Crippen LogP contribution in [0.2, 0.25) is 0 Å². The second-order valence-electron chi connectivity index (χ2n) is 5.78. The molecule has 0 aromatic carbocycles. The fourth-order valence-electron chi connectivity index (χ4n) is 2.45. The van der Waals surface area contributed by atoms with Gasteiger partial charge in [-0.1, -0.05) is 18.2 Å². The minimum Gasteiger partial charge on any atom is -0.469 e. The number of carbonyl (C=O) groups is 1. The first-order valence-electron chi connectivity index (χ1n) is 7.21. The van der Waals surface area contributed by atoms with Gasteiger partial charge in [0.1, 0.15) is 12.1 Å². The van der Waals surface area contributed by atoms with Crippen molar-refractivity contribution in [2.24, 2.45) is 5.41 Å². The number of aromatic nitrogens is 2. The minimum absolute atomic E-state index is 0.142. The molecule has 22 heavy (non-hydrogen) atoms. The Hall–Kier alpha value is -2.37. The summed E-state index contributed by atoms with van der Waals surface area (Å²) >= 11 is 0. The molecule has 1 aliphatic rings. The molecule has 1 aliphatic carbocycles. The van der Waals surface area contributed by atoms with Gasteiger partial charge in [0.05, 0.1) is 23.9 Å². The predicted molar refractivity (Wildman–Crippen MR) is 85.5 cm³/mol. The van der Waals surface area contributed by atoms with Crippen LogP contribution in [-0.2, 0) is 9.53 Å². The maximum atomic E-state index is 11.8. The summed E-state index contributed by atoms with van der Waals surface area (Å²) in [6.45, 7) is 6.59. The maximum absolute atomic E-state index is 11.8. The highest BCUT2D eigenvalue weighted by Crippen LogP contribution is 2.35. The van der Waals surface area contributed by atoms with Crippen molar-refractivity contribution >= 4 is 17.5 Å². The average molecular weight is 302 g/mol. The molecule has 0 spiro atoms. The van der Waals surface area contributed by atoms with E-state index in [4.69, 9.17) is 10.5 Å². The van der Waals surface area contributed by atoms with Crippen LogP contribution in [0.5, 0.6) is 0 Å². The van der Waals surface area contributed by atoms with Gasteiger partial charge >= 0.3 is 5.97 Å². The van der Waals surface area contributed by atoms with Crippen molar-refractivity contribution < 1.29 is 9.53 Å². The monoisotopic (exact) mass is 302 g/mol. The van der Waals surface area contributed by atoms with E-state index in [2.05, 4.69) is 27.9 Å². The molecule has 2 rings (SSSR count). The Bertz CT molecular complexity index is 612. The number of esters is 1. The van der Waals surface area contributed by atoms with Crippen molar-refractivity contribution in [3.63, 3.8) is 0 Å². The molecule has 1 aromatic rings. The van der Waals surface area contributed by atoms with E-state index in [0.717, 1.165) is 12.8 Å². The van der Waals surface area contributed by atoms with Gasteiger partial charge in [-0.05, 0) is 26.2 Å². The number of nitrogen functional groups attached to an aromatic ring is 1. The summed E-state index contributed by atoms with van der Waals surface area (Å²) in [5.41, 5.74) is 7.87. The van der Waals surface area contributed by atoms with E-state index in [1.807, 2.05) is 6.92 Å². The molecule has 0 fully saturated rings. The molecule has 1 heterocycles. The SMILES string of the molecule is C=C(NCC1=CCC(C)(C(=O)OC)CC1)c1cc(N)ncn1. The Morgan fingerprint density at radius 2 is 2.32 bits per heavy atom. The smallest absolute Gasteiger partial charge is 0.311 e. The number of nitrogens with two attached hydrogens (primary N) is 1. The fourth-order valence-corrected chi connectivity index (χ4v) is 2.45. The third-order valence-electron chi connectivity index (χ3n) is 4.04. The Balaban J connectivity index is 1.91. The molecule has 0 amide bonds. The third-order valence-corrected chi connectivity index (χ3v) is 4.04. The molecule has 1 aromatic heterocycles. The van der Waals surface area contributed by atoms with Crippen LogP contribution in [0.3, 0.4) is 0 Å². The molecule has 118 valence electrons. The first-order chi connectivity index (χ1) is 10.4. The van der Waals surface area contributed by atoms with E-state index in [9.17, 15) is 4.79 Å². The second-order valence-corrected chi connectivity index (χ2v) is 5.78. The number of ether oxygens (including phenoxy) is 1. The van der Waals surface area contributed by atoms with Crippen molar-refractivity contribution in [2.45, 2.75) is 26.2 Å². The van der Waals surface area contributed by atoms with Crippen LogP contribution >= 0.6 is 0 Å². The zero-order chi connectivity index (χ0) is 16.2. The van der Waals surface area contributed by atoms with E-state index in [0.29, 0.717) is 30.2 Å². The van der Waals surface area contributed by atoms with Crippen LogP contribution in [-0.4, -0.2) is 29.6 Å². The maximum Gasteiger partial charge on any atom is 0.311 e. The van der Waals surface area contributed by atoms with Crippen molar-refractivity contribution in [1.29, 1.82) is 0 Å². The Kier molecular flexibility index (Phi) is 4.80. The molecule has 3 N–H and O–H groups in total. The van der Waals surface area contributed by atoms with Gasteiger partial charge in [-0.15, -0.1) is 0 Å². The zero-order valence-electron chi connectivity index (χ0n) is 13.1. The molecule has 0 saturated heterocycles. The van der Waals surface area contributed by atoms with Crippen LogP contribution < -0.4 is 11.1 Å². The second kappa shape index (κ2) is 6.60. The molecule has 6 heteroatoms. The normalized spacial score (nSPS) is 20.9. The van der Waals surface area contributed by atoms with Gasteiger partial charge in [0, 0.05) is 12.6 Å². The van der Waals surface area contributed by atoms with E-state index >= 15 is 0 Å². The Labute approximate surface area is 130 Å². The summed E-state index contributed by atoms with van der Waals surface area (Å²) in [5, 5.41) is 3.24. The lowest BCUT2D eigenvalue weighted by Gasteiger charge is -2.30. The number of nitrogens with one attached hydrogen (secondary N) is 1. The number of hydrogen-bond donors (Lipinski definition) is 2. The first-order valence-corrected chi connectivity index (χ1v) is 7.21. The largest absolute Gasteiger partial charge is 0.469 e. The van der Waals surface area contributed by atoms with Crippen molar-refractivity contribution in [2.75, 3.05) is 19.4 Å². The van der Waals surface area contributed by atoms with Crippen molar-refractivity contribution in [3.05, 3.63) is 36.3 Å². The predicted octanol–water partition coefficient (Wildman–Crippen LogP) is 1.91. The summed E-state index contributed by atoms with van der Waals surface area (Å²) in [5.74, 6) is 0.273. The number of nitrogens with zero attached hydrogens (tertiary/aromatic N) is 2. The van der Waals surface area contributed by atoms with Crippen molar-refractivity contribution in [3.8, 4) is 0 Å². The number of rotatable bonds is 5. The number of methoxy groups -OCH3 is 1. The van der Waals surface area contributed by atoms with Gasteiger partial charge in [-0.3, -0.25) is 4.79 Å². The van der Waals surface area contributed by atoms with Gasteiger partial charge in [-0.25, -0.2) is 9.97 Å². The summed E-state index contributed by atoms with van der Waals surface area (Å²) < 4.78 is 4.87. The first kappa shape index (κ1) is 16.0. The molecule has 0 bridgehead atoms. The molecule has 1 unspecified atom stereocenters. The van der Waals surface area contributed by atoms with Gasteiger partial charge in [-0.2, -0.15) is 0 Å². The topological polar surface area (TPSA) is 90.1 Å². The highest BCUT2D eigenvalue weighted by atomic mass is 16.5. The fraction of sp³-hybridized carbons (Fsp3) is 0.438. The Morgan fingerprint density at radius 3 is 2.91 bits per heavy atom.